The average molecular weight is 669 g/mol. The van der Waals surface area contributed by atoms with Gasteiger partial charge < -0.3 is 18.6 Å². The van der Waals surface area contributed by atoms with Gasteiger partial charge in [-0.05, 0) is 57.2 Å². The quantitative estimate of drug-likeness (QED) is 0.143. The molecule has 4 aromatic rings. The van der Waals surface area contributed by atoms with E-state index < -0.39 is 16.9 Å². The molecule has 0 amide bonds. The van der Waals surface area contributed by atoms with Crippen molar-refractivity contribution in [2.24, 2.45) is 4.99 Å². The van der Waals surface area contributed by atoms with E-state index in [-0.39, 0.29) is 28.7 Å². The van der Waals surface area contributed by atoms with Crippen LogP contribution < -0.4 is 24.4 Å². The molecular formula is C30H26BrN3O8S. The molecule has 43 heavy (non-hydrogen) atoms. The van der Waals surface area contributed by atoms with E-state index >= 15 is 0 Å². The van der Waals surface area contributed by atoms with Gasteiger partial charge in [0.25, 0.3) is 11.2 Å². The van der Waals surface area contributed by atoms with Crippen LogP contribution >= 0.6 is 27.3 Å². The van der Waals surface area contributed by atoms with E-state index in [0.29, 0.717) is 43.4 Å². The maximum atomic E-state index is 14.0. The predicted molar refractivity (Wildman–Crippen MR) is 163 cm³/mol. The second-order valence-corrected chi connectivity index (χ2v) is 11.7. The number of furan rings is 1. The van der Waals surface area contributed by atoms with Gasteiger partial charge in [0.2, 0.25) is 0 Å². The van der Waals surface area contributed by atoms with Crippen molar-refractivity contribution < 1.29 is 28.3 Å². The maximum Gasteiger partial charge on any atom is 0.338 e. The summed E-state index contributed by atoms with van der Waals surface area (Å²) in [6, 6.07) is 12.1. The number of carbonyl (C=O) groups is 1. The molecule has 13 heteroatoms. The Morgan fingerprint density at radius 1 is 1.14 bits per heavy atom. The summed E-state index contributed by atoms with van der Waals surface area (Å²) in [7, 11) is 2.94. The Hall–Kier alpha value is -4.49. The number of hydrogen-bond donors (Lipinski definition) is 0. The van der Waals surface area contributed by atoms with Gasteiger partial charge in [-0.2, -0.15) is 0 Å². The first-order valence-corrected chi connectivity index (χ1v) is 14.6. The van der Waals surface area contributed by atoms with E-state index in [0.717, 1.165) is 15.8 Å². The number of fused-ring (bicyclic) bond motifs is 1. The number of allylic oxidation sites excluding steroid dienone is 1. The van der Waals surface area contributed by atoms with Crippen molar-refractivity contribution >= 4 is 45.0 Å². The van der Waals surface area contributed by atoms with Crippen LogP contribution in [0.15, 0.2) is 78.5 Å². The number of hydrogen-bond acceptors (Lipinski definition) is 10. The van der Waals surface area contributed by atoms with Crippen molar-refractivity contribution in [2.45, 2.75) is 32.9 Å². The molecule has 1 aliphatic rings. The van der Waals surface area contributed by atoms with Crippen LogP contribution in [0.2, 0.25) is 0 Å². The molecule has 0 bridgehead atoms. The molecule has 0 unspecified atom stereocenters. The van der Waals surface area contributed by atoms with Crippen LogP contribution in [-0.4, -0.2) is 35.8 Å². The molecule has 1 atom stereocenters. The molecular weight excluding hydrogens is 642 g/mol. The Morgan fingerprint density at radius 2 is 1.88 bits per heavy atom. The zero-order valence-corrected chi connectivity index (χ0v) is 26.1. The van der Waals surface area contributed by atoms with Crippen LogP contribution in [0.5, 0.6) is 11.5 Å². The molecule has 0 saturated carbocycles. The van der Waals surface area contributed by atoms with Gasteiger partial charge in [0.1, 0.15) is 29.1 Å². The van der Waals surface area contributed by atoms with Crippen molar-refractivity contribution in [2.75, 3.05) is 14.2 Å². The third-order valence-corrected chi connectivity index (χ3v) is 8.11. The summed E-state index contributed by atoms with van der Waals surface area (Å²) in [6.07, 6.45) is 1.20. The van der Waals surface area contributed by atoms with Gasteiger partial charge in [0.15, 0.2) is 4.80 Å². The van der Waals surface area contributed by atoms with Gasteiger partial charge in [-0.25, -0.2) is 9.79 Å². The lowest BCUT2D eigenvalue weighted by atomic mass is 9.95. The second kappa shape index (κ2) is 12.0. The highest BCUT2D eigenvalue weighted by molar-refractivity contribution is 9.10. The van der Waals surface area contributed by atoms with Crippen molar-refractivity contribution in [3.05, 3.63) is 105 Å². The minimum atomic E-state index is -0.867. The fraction of sp³-hybridized carbons (Fsp3) is 0.233. The van der Waals surface area contributed by atoms with Gasteiger partial charge in [-0.1, -0.05) is 27.3 Å². The number of aromatic nitrogens is 1. The number of rotatable bonds is 8. The lowest BCUT2D eigenvalue weighted by Gasteiger charge is -2.26. The monoisotopic (exact) mass is 667 g/mol. The van der Waals surface area contributed by atoms with Gasteiger partial charge in [0, 0.05) is 22.2 Å². The SMILES string of the molecule is COc1cc([N+](=O)[O-])ccc1-c1ccc(/C=c2\sc3n(c2=O)[C@@H](c2cc(Br)ccc2OC)C(C(=O)OC(C)C)=C(C)N=3)o1. The molecule has 1 aliphatic heterocycles. The lowest BCUT2D eigenvalue weighted by molar-refractivity contribution is -0.384. The maximum absolute atomic E-state index is 14.0. The number of carbonyl (C=O) groups excluding carboxylic acids is 1. The molecule has 0 aliphatic carbocycles. The highest BCUT2D eigenvalue weighted by atomic mass is 79.9. The first-order chi connectivity index (χ1) is 20.5. The third kappa shape index (κ3) is 5.77. The van der Waals surface area contributed by atoms with Crippen molar-refractivity contribution in [3.8, 4) is 22.8 Å². The standard InChI is InChI=1S/C30H26BrN3O8S/c1-15(2)41-29(36)26-16(3)32-30-33(27(26)21-12-17(31)6-10-22(21)39-4)28(35)25(43-30)14-19-8-11-23(42-19)20-9-7-18(34(37)38)13-24(20)40-5/h6-15,27H,1-5H3/b25-14-/t27-/m0/s1. The second-order valence-electron chi connectivity index (χ2n) is 9.77. The van der Waals surface area contributed by atoms with E-state index in [9.17, 15) is 19.7 Å². The number of thiazole rings is 1. The minimum Gasteiger partial charge on any atom is -0.496 e. The van der Waals surface area contributed by atoms with E-state index in [1.807, 2.05) is 6.07 Å². The number of methoxy groups -OCH3 is 2. The zero-order valence-electron chi connectivity index (χ0n) is 23.7. The van der Waals surface area contributed by atoms with E-state index in [1.54, 1.807) is 57.2 Å². The fourth-order valence-corrected chi connectivity index (χ4v) is 6.18. The largest absolute Gasteiger partial charge is 0.496 e. The van der Waals surface area contributed by atoms with Crippen LogP contribution in [0.25, 0.3) is 17.4 Å². The smallest absolute Gasteiger partial charge is 0.338 e. The normalized spacial score (nSPS) is 14.9. The molecule has 222 valence electrons. The van der Waals surface area contributed by atoms with Gasteiger partial charge in [-0.3, -0.25) is 19.5 Å². The van der Waals surface area contributed by atoms with Crippen LogP contribution in [0.4, 0.5) is 5.69 Å². The average Bonchev–Trinajstić information content (AvgIpc) is 3.55. The number of benzene rings is 2. The molecule has 2 aromatic heterocycles. The number of nitro groups is 1. The van der Waals surface area contributed by atoms with E-state index in [2.05, 4.69) is 20.9 Å². The van der Waals surface area contributed by atoms with Gasteiger partial charge in [-0.15, -0.1) is 0 Å². The van der Waals surface area contributed by atoms with E-state index in [4.69, 9.17) is 18.6 Å². The number of esters is 1. The molecule has 5 rings (SSSR count). The zero-order chi connectivity index (χ0) is 31.0. The number of ether oxygens (including phenoxy) is 3. The summed E-state index contributed by atoms with van der Waals surface area (Å²) in [5.41, 5.74) is 1.26. The molecule has 2 aromatic carbocycles. The summed E-state index contributed by atoms with van der Waals surface area (Å²) in [5.74, 6) is 0.948. The molecule has 0 saturated heterocycles. The Balaban J connectivity index is 1.65. The number of halogens is 1. The Morgan fingerprint density at radius 3 is 2.56 bits per heavy atom. The summed E-state index contributed by atoms with van der Waals surface area (Å²) in [4.78, 5) is 43.0. The van der Waals surface area contributed by atoms with Gasteiger partial charge in [0.05, 0.1) is 52.7 Å². The van der Waals surface area contributed by atoms with E-state index in [1.165, 1.54) is 30.9 Å². The Bertz CT molecular complexity index is 1970. The minimum absolute atomic E-state index is 0.114. The summed E-state index contributed by atoms with van der Waals surface area (Å²) in [6.45, 7) is 5.21. The summed E-state index contributed by atoms with van der Waals surface area (Å²) >= 11 is 4.65. The van der Waals surface area contributed by atoms with Crippen LogP contribution in [0.3, 0.4) is 0 Å². The van der Waals surface area contributed by atoms with Crippen LogP contribution in [0.1, 0.15) is 38.1 Å². The van der Waals surface area contributed by atoms with Crippen molar-refractivity contribution in [3.63, 3.8) is 0 Å². The number of non-ortho nitro benzene ring substituents is 1. The predicted octanol–water partition coefficient (Wildman–Crippen LogP) is 5.13. The Kier molecular flexibility index (Phi) is 8.38. The fourth-order valence-electron chi connectivity index (χ4n) is 4.77. The van der Waals surface area contributed by atoms with Crippen molar-refractivity contribution in [1.82, 2.24) is 4.57 Å². The van der Waals surface area contributed by atoms with Crippen molar-refractivity contribution in [1.29, 1.82) is 0 Å². The molecule has 0 spiro atoms. The molecule has 0 N–H and O–H groups in total. The molecule has 0 fully saturated rings. The highest BCUT2D eigenvalue weighted by Gasteiger charge is 2.35. The Labute approximate surface area is 257 Å². The number of nitrogens with zero attached hydrogens (tertiary/aromatic N) is 3. The first kappa shape index (κ1) is 30.0. The molecule has 0 radical (unpaired) electrons. The summed E-state index contributed by atoms with van der Waals surface area (Å²) < 4.78 is 25.1. The third-order valence-electron chi connectivity index (χ3n) is 6.63. The topological polar surface area (TPSA) is 135 Å². The lowest BCUT2D eigenvalue weighted by Crippen LogP contribution is -2.40. The first-order valence-electron chi connectivity index (χ1n) is 13.0. The van der Waals surface area contributed by atoms with Crippen LogP contribution in [-0.2, 0) is 9.53 Å². The highest BCUT2D eigenvalue weighted by Crippen LogP contribution is 2.38. The molecule has 11 nitrogen and oxygen atoms in total. The van der Waals surface area contributed by atoms with Crippen LogP contribution in [0, 0.1) is 10.1 Å². The van der Waals surface area contributed by atoms with Gasteiger partial charge >= 0.3 is 5.97 Å². The number of nitro benzene ring substituents is 1. The molecule has 3 heterocycles. The summed E-state index contributed by atoms with van der Waals surface area (Å²) in [5, 5.41) is 11.2.